The van der Waals surface area contributed by atoms with Gasteiger partial charge in [-0.15, -0.1) is 5.92 Å². The first-order valence-electron chi connectivity index (χ1n) is 6.01. The predicted octanol–water partition coefficient (Wildman–Crippen LogP) is 2.30. The van der Waals surface area contributed by atoms with Crippen LogP contribution in [-0.2, 0) is 4.79 Å². The van der Waals surface area contributed by atoms with Crippen LogP contribution in [0.4, 0.5) is 10.5 Å². The zero-order chi connectivity index (χ0) is 14.9. The lowest BCUT2D eigenvalue weighted by molar-refractivity contribution is -0.125. The Labute approximate surface area is 122 Å². The molecule has 0 N–H and O–H groups in total. The smallest absolute Gasteiger partial charge is 0.306 e. The van der Waals surface area contributed by atoms with Crippen molar-refractivity contribution < 1.29 is 9.59 Å². The summed E-state index contributed by atoms with van der Waals surface area (Å²) in [5.74, 6) is 5.37. The summed E-state index contributed by atoms with van der Waals surface area (Å²) in [4.78, 5) is 25.1. The van der Waals surface area contributed by atoms with Crippen LogP contribution in [0.15, 0.2) is 18.2 Å². The highest BCUT2D eigenvalue weighted by atomic mass is 35.5. The van der Waals surface area contributed by atoms with Gasteiger partial charge in [0, 0.05) is 19.5 Å². The van der Waals surface area contributed by atoms with Crippen LogP contribution in [0.25, 0.3) is 0 Å². The minimum atomic E-state index is -0.374. The Hall–Kier alpha value is -2.19. The fourth-order valence-electron chi connectivity index (χ4n) is 2.01. The van der Waals surface area contributed by atoms with E-state index in [2.05, 4.69) is 11.8 Å². The zero-order valence-corrected chi connectivity index (χ0v) is 12.2. The number of amides is 3. The van der Waals surface area contributed by atoms with Crippen LogP contribution < -0.4 is 5.01 Å². The highest BCUT2D eigenvalue weighted by Gasteiger charge is 2.37. The van der Waals surface area contributed by atoms with Crippen LogP contribution in [0.2, 0.25) is 5.02 Å². The Morgan fingerprint density at radius 2 is 2.10 bits per heavy atom. The van der Waals surface area contributed by atoms with Crippen molar-refractivity contribution in [3.63, 3.8) is 0 Å². The van der Waals surface area contributed by atoms with Crippen molar-refractivity contribution >= 4 is 29.2 Å². The first kappa shape index (κ1) is 14.2. The standard InChI is InChI=1S/C14H14ClN3O2/c1-4-5-11-6-7-12(15)13(8-11)17-9-16(3)14(20)18(17)10(2)19/h6-8H,9H2,1-3H3. The second-order valence-electron chi connectivity index (χ2n) is 4.39. The van der Waals surface area contributed by atoms with Crippen LogP contribution >= 0.6 is 11.6 Å². The summed E-state index contributed by atoms with van der Waals surface area (Å²) < 4.78 is 0. The lowest BCUT2D eigenvalue weighted by Gasteiger charge is -2.25. The van der Waals surface area contributed by atoms with E-state index in [4.69, 9.17) is 11.6 Å². The number of urea groups is 1. The van der Waals surface area contributed by atoms with E-state index in [0.29, 0.717) is 10.7 Å². The van der Waals surface area contributed by atoms with Gasteiger partial charge in [0.05, 0.1) is 10.7 Å². The molecule has 1 heterocycles. The maximum Gasteiger partial charge on any atom is 0.347 e. The minimum Gasteiger partial charge on any atom is -0.306 e. The molecule has 0 spiro atoms. The largest absolute Gasteiger partial charge is 0.347 e. The third kappa shape index (κ3) is 2.43. The molecular weight excluding hydrogens is 278 g/mol. The van der Waals surface area contributed by atoms with E-state index in [1.165, 1.54) is 11.8 Å². The van der Waals surface area contributed by atoms with Crippen LogP contribution in [-0.4, -0.2) is 35.6 Å². The van der Waals surface area contributed by atoms with E-state index in [9.17, 15) is 9.59 Å². The molecule has 1 aromatic rings. The molecule has 3 amide bonds. The van der Waals surface area contributed by atoms with Crippen molar-refractivity contribution in [2.24, 2.45) is 0 Å². The molecule has 1 aliphatic rings. The monoisotopic (exact) mass is 291 g/mol. The number of anilines is 1. The number of rotatable bonds is 1. The molecule has 0 radical (unpaired) electrons. The Kier molecular flexibility index (Phi) is 3.86. The van der Waals surface area contributed by atoms with Crippen molar-refractivity contribution in [2.45, 2.75) is 13.8 Å². The molecule has 5 nitrogen and oxygen atoms in total. The van der Waals surface area contributed by atoms with Crippen LogP contribution in [0.1, 0.15) is 19.4 Å². The number of hydrogen-bond acceptors (Lipinski definition) is 3. The van der Waals surface area contributed by atoms with Gasteiger partial charge in [-0.05, 0) is 25.1 Å². The number of halogens is 1. The fourth-order valence-corrected chi connectivity index (χ4v) is 2.23. The molecule has 0 aromatic heterocycles. The number of benzene rings is 1. The van der Waals surface area contributed by atoms with Crippen LogP contribution in [0.5, 0.6) is 0 Å². The van der Waals surface area contributed by atoms with Crippen LogP contribution in [0, 0.1) is 11.8 Å². The highest BCUT2D eigenvalue weighted by Crippen LogP contribution is 2.31. The predicted molar refractivity (Wildman–Crippen MR) is 77.0 cm³/mol. The molecule has 20 heavy (non-hydrogen) atoms. The normalized spacial score (nSPS) is 14.4. The Morgan fingerprint density at radius 1 is 1.40 bits per heavy atom. The fraction of sp³-hybridized carbons (Fsp3) is 0.286. The molecule has 6 heteroatoms. The van der Waals surface area contributed by atoms with Gasteiger partial charge >= 0.3 is 6.03 Å². The Balaban J connectivity index is 2.48. The Morgan fingerprint density at radius 3 is 2.70 bits per heavy atom. The maximum absolute atomic E-state index is 12.0. The van der Waals surface area contributed by atoms with Gasteiger partial charge < -0.3 is 4.90 Å². The van der Waals surface area contributed by atoms with Crippen molar-refractivity contribution in [1.82, 2.24) is 9.91 Å². The number of carbonyl (C=O) groups excluding carboxylic acids is 2. The van der Waals surface area contributed by atoms with E-state index in [-0.39, 0.29) is 18.6 Å². The number of imide groups is 1. The molecule has 0 bridgehead atoms. The van der Waals surface area contributed by atoms with Gasteiger partial charge in [0.25, 0.3) is 0 Å². The quantitative estimate of drug-likeness (QED) is 0.746. The minimum absolute atomic E-state index is 0.265. The Bertz CT molecular complexity index is 633. The van der Waals surface area contributed by atoms with E-state index < -0.39 is 0 Å². The topological polar surface area (TPSA) is 43.9 Å². The first-order valence-corrected chi connectivity index (χ1v) is 6.39. The van der Waals surface area contributed by atoms with Gasteiger partial charge in [0.1, 0.15) is 6.67 Å². The molecule has 2 rings (SSSR count). The molecule has 0 unspecified atom stereocenters. The van der Waals surface area contributed by atoms with Gasteiger partial charge in [-0.2, -0.15) is 5.01 Å². The number of carbonyl (C=O) groups is 2. The number of nitrogens with zero attached hydrogens (tertiary/aromatic N) is 3. The average molecular weight is 292 g/mol. The summed E-state index contributed by atoms with van der Waals surface area (Å²) in [6.07, 6.45) is 0. The number of hydrogen-bond donors (Lipinski definition) is 0. The molecule has 104 valence electrons. The highest BCUT2D eigenvalue weighted by molar-refractivity contribution is 6.33. The average Bonchev–Trinajstić information content (AvgIpc) is 2.68. The summed E-state index contributed by atoms with van der Waals surface area (Å²) in [5, 5.41) is 3.08. The lowest BCUT2D eigenvalue weighted by Crippen LogP contribution is -2.42. The summed E-state index contributed by atoms with van der Waals surface area (Å²) in [6.45, 7) is 3.35. The zero-order valence-electron chi connectivity index (χ0n) is 11.5. The van der Waals surface area contributed by atoms with Crippen molar-refractivity contribution in [2.75, 3.05) is 18.7 Å². The molecule has 0 atom stereocenters. The summed E-state index contributed by atoms with van der Waals surface area (Å²) in [6, 6.07) is 4.89. The second kappa shape index (κ2) is 5.43. The maximum atomic E-state index is 12.0. The molecule has 1 fully saturated rings. The summed E-state index contributed by atoms with van der Waals surface area (Å²) in [5.41, 5.74) is 1.36. The van der Waals surface area contributed by atoms with Gasteiger partial charge in [0.2, 0.25) is 5.91 Å². The summed E-state index contributed by atoms with van der Waals surface area (Å²) >= 11 is 6.18. The van der Waals surface area contributed by atoms with E-state index >= 15 is 0 Å². The SMILES string of the molecule is CC#Cc1ccc(Cl)c(N2CN(C)C(=O)N2C(C)=O)c1. The molecule has 1 saturated heterocycles. The number of hydrazine groups is 1. The molecule has 0 saturated carbocycles. The van der Waals surface area contributed by atoms with Gasteiger partial charge in [-0.25, -0.2) is 4.79 Å². The third-order valence-electron chi connectivity index (χ3n) is 2.89. The van der Waals surface area contributed by atoms with E-state index in [0.717, 1.165) is 10.6 Å². The van der Waals surface area contributed by atoms with E-state index in [1.807, 2.05) is 0 Å². The van der Waals surface area contributed by atoms with Crippen molar-refractivity contribution in [3.05, 3.63) is 28.8 Å². The van der Waals surface area contributed by atoms with Crippen LogP contribution in [0.3, 0.4) is 0 Å². The third-order valence-corrected chi connectivity index (χ3v) is 3.21. The van der Waals surface area contributed by atoms with Gasteiger partial charge in [-0.3, -0.25) is 9.80 Å². The molecule has 0 aliphatic carbocycles. The van der Waals surface area contributed by atoms with Gasteiger partial charge in [-0.1, -0.05) is 17.5 Å². The lowest BCUT2D eigenvalue weighted by atomic mass is 10.2. The van der Waals surface area contributed by atoms with Gasteiger partial charge in [0.15, 0.2) is 0 Å². The molecule has 1 aliphatic heterocycles. The summed E-state index contributed by atoms with van der Waals surface area (Å²) in [7, 11) is 1.63. The van der Waals surface area contributed by atoms with Crippen molar-refractivity contribution in [3.8, 4) is 11.8 Å². The molecular formula is C14H14ClN3O2. The van der Waals surface area contributed by atoms with E-state index in [1.54, 1.807) is 37.2 Å². The molecule has 1 aromatic carbocycles. The second-order valence-corrected chi connectivity index (χ2v) is 4.80. The first-order chi connectivity index (χ1) is 9.45. The van der Waals surface area contributed by atoms with Crippen molar-refractivity contribution in [1.29, 1.82) is 0 Å².